The summed E-state index contributed by atoms with van der Waals surface area (Å²) < 4.78 is 5.38. The number of carbonyl (C=O) groups is 4. The number of likely N-dealkylation sites (tertiary alicyclic amines) is 2. The summed E-state index contributed by atoms with van der Waals surface area (Å²) in [4.78, 5) is 55.5. The van der Waals surface area contributed by atoms with Crippen LogP contribution < -0.4 is 11.1 Å². The summed E-state index contributed by atoms with van der Waals surface area (Å²) in [5.74, 6) is -0.933. The first-order chi connectivity index (χ1) is 16.0. The molecule has 2 fully saturated rings. The molecule has 4 atom stereocenters. The van der Waals surface area contributed by atoms with Crippen LogP contribution in [0.2, 0.25) is 0 Å². The van der Waals surface area contributed by atoms with Crippen molar-refractivity contribution in [1.82, 2.24) is 15.1 Å². The van der Waals surface area contributed by atoms with Crippen LogP contribution in [0.4, 0.5) is 5.69 Å². The van der Waals surface area contributed by atoms with Gasteiger partial charge in [-0.25, -0.2) is 0 Å². The van der Waals surface area contributed by atoms with Crippen molar-refractivity contribution >= 4 is 29.2 Å². The van der Waals surface area contributed by atoms with Crippen LogP contribution in [0.1, 0.15) is 50.9 Å². The molecule has 0 aromatic heterocycles. The van der Waals surface area contributed by atoms with Crippen LogP contribution in [-0.4, -0.2) is 77.7 Å². The molecule has 9 heteroatoms. The SMILES string of the molecule is COC(C(=O)N1CC(=O)C2C1CCN2C(=O)C(CC(C)C)NC(=O)c1ccc(N)cc1)C(C)C. The van der Waals surface area contributed by atoms with Gasteiger partial charge in [-0.1, -0.05) is 27.7 Å². The summed E-state index contributed by atoms with van der Waals surface area (Å²) in [5.41, 5.74) is 6.65. The summed E-state index contributed by atoms with van der Waals surface area (Å²) in [5, 5.41) is 2.85. The van der Waals surface area contributed by atoms with Gasteiger partial charge in [0.2, 0.25) is 5.91 Å². The van der Waals surface area contributed by atoms with Crippen molar-refractivity contribution in [2.24, 2.45) is 11.8 Å². The van der Waals surface area contributed by atoms with Gasteiger partial charge in [0, 0.05) is 24.9 Å². The minimum atomic E-state index is -0.774. The van der Waals surface area contributed by atoms with Crippen LogP contribution in [0.5, 0.6) is 0 Å². The van der Waals surface area contributed by atoms with E-state index < -0.39 is 18.2 Å². The van der Waals surface area contributed by atoms with Gasteiger partial charge >= 0.3 is 0 Å². The molecule has 2 aliphatic rings. The van der Waals surface area contributed by atoms with E-state index in [4.69, 9.17) is 10.5 Å². The molecule has 186 valence electrons. The first-order valence-electron chi connectivity index (χ1n) is 11.9. The van der Waals surface area contributed by atoms with Crippen molar-refractivity contribution in [3.8, 4) is 0 Å². The van der Waals surface area contributed by atoms with Gasteiger partial charge in [0.15, 0.2) is 5.78 Å². The molecule has 34 heavy (non-hydrogen) atoms. The van der Waals surface area contributed by atoms with Gasteiger partial charge in [0.1, 0.15) is 18.2 Å². The Hall–Kier alpha value is -2.94. The van der Waals surface area contributed by atoms with E-state index in [2.05, 4.69) is 5.32 Å². The number of amides is 3. The minimum Gasteiger partial charge on any atom is -0.399 e. The lowest BCUT2D eigenvalue weighted by Gasteiger charge is -2.30. The topological polar surface area (TPSA) is 122 Å². The number of rotatable bonds is 8. The van der Waals surface area contributed by atoms with E-state index >= 15 is 0 Å². The Kier molecular flexibility index (Phi) is 7.97. The van der Waals surface area contributed by atoms with Crippen LogP contribution in [0.25, 0.3) is 0 Å². The lowest BCUT2D eigenvalue weighted by Crippen LogP contribution is -2.53. The second-order valence-corrected chi connectivity index (χ2v) is 9.94. The molecule has 2 saturated heterocycles. The zero-order valence-electron chi connectivity index (χ0n) is 20.6. The largest absolute Gasteiger partial charge is 0.399 e. The first kappa shape index (κ1) is 25.7. The van der Waals surface area contributed by atoms with Crippen molar-refractivity contribution in [2.45, 2.75) is 64.8 Å². The standard InChI is InChI=1S/C25H36N4O5/c1-14(2)12-18(27-23(31)16-6-8-17(26)9-7-16)24(32)28-11-10-19-21(28)20(30)13-29(19)25(33)22(34-5)15(3)4/h6-9,14-15,18-19,21-22H,10-13,26H2,1-5H3,(H,27,31). The zero-order chi connectivity index (χ0) is 25.2. The number of nitrogens with one attached hydrogen (secondary N) is 1. The molecular formula is C25H36N4O5. The molecule has 0 radical (unpaired) electrons. The van der Waals surface area contributed by atoms with Gasteiger partial charge in [-0.15, -0.1) is 0 Å². The van der Waals surface area contributed by atoms with Gasteiger partial charge in [-0.05, 0) is 48.9 Å². The maximum absolute atomic E-state index is 13.6. The van der Waals surface area contributed by atoms with Crippen LogP contribution in [0.15, 0.2) is 24.3 Å². The summed E-state index contributed by atoms with van der Waals surface area (Å²) in [7, 11) is 1.49. The van der Waals surface area contributed by atoms with Crippen LogP contribution >= 0.6 is 0 Å². The molecule has 1 aromatic rings. The highest BCUT2D eigenvalue weighted by atomic mass is 16.5. The third-order valence-corrected chi connectivity index (χ3v) is 6.57. The number of ketones is 1. The quantitative estimate of drug-likeness (QED) is 0.553. The number of hydrogen-bond donors (Lipinski definition) is 2. The number of ether oxygens (including phenoxy) is 1. The third kappa shape index (κ3) is 5.24. The number of nitrogens with two attached hydrogens (primary N) is 1. The second-order valence-electron chi connectivity index (χ2n) is 9.94. The number of benzene rings is 1. The number of carbonyl (C=O) groups excluding carboxylic acids is 4. The number of anilines is 1. The highest BCUT2D eigenvalue weighted by molar-refractivity contribution is 6.01. The van der Waals surface area contributed by atoms with E-state index in [1.807, 2.05) is 27.7 Å². The zero-order valence-corrected chi connectivity index (χ0v) is 20.6. The van der Waals surface area contributed by atoms with E-state index in [1.54, 1.807) is 34.1 Å². The molecule has 3 N–H and O–H groups in total. The fourth-order valence-corrected chi connectivity index (χ4v) is 4.95. The van der Waals surface area contributed by atoms with Crippen molar-refractivity contribution < 1.29 is 23.9 Å². The minimum absolute atomic E-state index is 0.0306. The van der Waals surface area contributed by atoms with Crippen molar-refractivity contribution in [3.63, 3.8) is 0 Å². The highest BCUT2D eigenvalue weighted by Gasteiger charge is 2.53. The molecular weight excluding hydrogens is 436 g/mol. The van der Waals surface area contributed by atoms with E-state index in [-0.39, 0.29) is 47.9 Å². The molecule has 0 aliphatic carbocycles. The lowest BCUT2D eigenvalue weighted by molar-refractivity contribution is -0.146. The third-order valence-electron chi connectivity index (χ3n) is 6.57. The number of Topliss-reactive ketones (excluding diaryl/α,β-unsaturated/α-hetero) is 1. The Bertz CT molecular complexity index is 930. The summed E-state index contributed by atoms with van der Waals surface area (Å²) in [6.45, 7) is 8.06. The van der Waals surface area contributed by atoms with E-state index in [0.717, 1.165) is 0 Å². The Morgan fingerprint density at radius 3 is 2.29 bits per heavy atom. The monoisotopic (exact) mass is 472 g/mol. The molecule has 0 bridgehead atoms. The Morgan fingerprint density at radius 1 is 1.09 bits per heavy atom. The van der Waals surface area contributed by atoms with Crippen molar-refractivity contribution in [3.05, 3.63) is 29.8 Å². The number of methoxy groups -OCH3 is 1. The average molecular weight is 473 g/mol. The molecule has 4 unspecified atom stereocenters. The summed E-state index contributed by atoms with van der Waals surface area (Å²) in [6, 6.07) is 4.65. The normalized spacial score (nSPS) is 21.7. The first-order valence-corrected chi connectivity index (χ1v) is 11.9. The molecule has 1 aromatic carbocycles. The van der Waals surface area contributed by atoms with Crippen LogP contribution in [0, 0.1) is 11.8 Å². The number of hydrogen-bond acceptors (Lipinski definition) is 6. The highest BCUT2D eigenvalue weighted by Crippen LogP contribution is 2.32. The average Bonchev–Trinajstić information content (AvgIpc) is 3.34. The van der Waals surface area contributed by atoms with Gasteiger partial charge in [-0.3, -0.25) is 19.2 Å². The van der Waals surface area contributed by atoms with Crippen LogP contribution in [0.3, 0.4) is 0 Å². The van der Waals surface area contributed by atoms with Crippen molar-refractivity contribution in [2.75, 3.05) is 25.9 Å². The molecule has 9 nitrogen and oxygen atoms in total. The van der Waals surface area contributed by atoms with Gasteiger partial charge in [0.25, 0.3) is 11.8 Å². The molecule has 0 saturated carbocycles. The molecule has 3 amide bonds. The Morgan fingerprint density at radius 2 is 1.74 bits per heavy atom. The number of fused-ring (bicyclic) bond motifs is 1. The summed E-state index contributed by atoms with van der Waals surface area (Å²) >= 11 is 0. The predicted octanol–water partition coefficient (Wildman–Crippen LogP) is 1.47. The van der Waals surface area contributed by atoms with Gasteiger partial charge < -0.3 is 25.6 Å². The molecule has 0 spiro atoms. The Labute approximate surface area is 201 Å². The maximum Gasteiger partial charge on any atom is 0.252 e. The van der Waals surface area contributed by atoms with Gasteiger partial charge in [0.05, 0.1) is 12.6 Å². The number of nitrogen functional groups attached to an aromatic ring is 1. The van der Waals surface area contributed by atoms with E-state index in [1.165, 1.54) is 7.11 Å². The maximum atomic E-state index is 13.6. The predicted molar refractivity (Wildman–Crippen MR) is 128 cm³/mol. The lowest BCUT2D eigenvalue weighted by atomic mass is 10.0. The molecule has 2 aliphatic heterocycles. The number of nitrogens with zero attached hydrogens (tertiary/aromatic N) is 2. The smallest absolute Gasteiger partial charge is 0.252 e. The van der Waals surface area contributed by atoms with Crippen molar-refractivity contribution in [1.29, 1.82) is 0 Å². The van der Waals surface area contributed by atoms with E-state index in [9.17, 15) is 19.2 Å². The molecule has 3 rings (SSSR count). The Balaban J connectivity index is 1.77. The van der Waals surface area contributed by atoms with Crippen LogP contribution in [-0.2, 0) is 19.1 Å². The fraction of sp³-hybridized carbons (Fsp3) is 0.600. The fourth-order valence-electron chi connectivity index (χ4n) is 4.95. The molecule has 2 heterocycles. The summed E-state index contributed by atoms with van der Waals surface area (Å²) in [6.07, 6.45) is 0.315. The van der Waals surface area contributed by atoms with Gasteiger partial charge in [-0.2, -0.15) is 0 Å². The van der Waals surface area contributed by atoms with E-state index in [0.29, 0.717) is 30.6 Å². The second kappa shape index (κ2) is 10.5.